The highest BCUT2D eigenvalue weighted by atomic mass is 16.5. The summed E-state index contributed by atoms with van der Waals surface area (Å²) in [7, 11) is 0. The van der Waals surface area contributed by atoms with Crippen LogP contribution in [0.1, 0.15) is 33.6 Å². The average molecular weight is 242 g/mol. The van der Waals surface area contributed by atoms with Crippen LogP contribution in [0.15, 0.2) is 0 Å². The molecule has 0 saturated carbocycles. The second-order valence-corrected chi connectivity index (χ2v) is 5.23. The fraction of sp³-hybridized carbons (Fsp3) is 0.923. The SMILES string of the molecule is CCC1COCCN1C(=O)C(CN)CC(C)C. The lowest BCUT2D eigenvalue weighted by Crippen LogP contribution is -2.51. The molecular formula is C13H26N2O2. The number of carbonyl (C=O) groups is 1. The molecule has 0 aromatic carbocycles. The van der Waals surface area contributed by atoms with Gasteiger partial charge in [-0.2, -0.15) is 0 Å². The molecule has 1 fully saturated rings. The number of hydrogen-bond donors (Lipinski definition) is 1. The summed E-state index contributed by atoms with van der Waals surface area (Å²) in [6.45, 7) is 8.85. The molecule has 2 N–H and O–H groups in total. The Bertz CT molecular complexity index is 244. The molecular weight excluding hydrogens is 216 g/mol. The van der Waals surface area contributed by atoms with Gasteiger partial charge in [0.25, 0.3) is 0 Å². The van der Waals surface area contributed by atoms with Crippen LogP contribution in [0.5, 0.6) is 0 Å². The van der Waals surface area contributed by atoms with Crippen LogP contribution in [0.2, 0.25) is 0 Å². The first-order valence-electron chi connectivity index (χ1n) is 6.68. The fourth-order valence-electron chi connectivity index (χ4n) is 2.38. The van der Waals surface area contributed by atoms with E-state index in [1.165, 1.54) is 0 Å². The van der Waals surface area contributed by atoms with Gasteiger partial charge in [0, 0.05) is 13.1 Å². The molecule has 2 atom stereocenters. The normalized spacial score (nSPS) is 22.9. The monoisotopic (exact) mass is 242 g/mol. The molecule has 0 radical (unpaired) electrons. The van der Waals surface area contributed by atoms with Crippen LogP contribution in [-0.2, 0) is 9.53 Å². The third-order valence-electron chi connectivity index (χ3n) is 3.37. The molecule has 0 aromatic heterocycles. The molecule has 0 spiro atoms. The summed E-state index contributed by atoms with van der Waals surface area (Å²) in [5, 5.41) is 0. The first-order chi connectivity index (χ1) is 8.10. The minimum absolute atomic E-state index is 0.0258. The van der Waals surface area contributed by atoms with Gasteiger partial charge in [0.2, 0.25) is 5.91 Å². The first kappa shape index (κ1) is 14.5. The van der Waals surface area contributed by atoms with Gasteiger partial charge in [-0.3, -0.25) is 4.79 Å². The number of nitrogens with two attached hydrogens (primary N) is 1. The predicted octanol–water partition coefficient (Wildman–Crippen LogP) is 1.24. The van der Waals surface area contributed by atoms with E-state index in [2.05, 4.69) is 20.8 Å². The standard InChI is InChI=1S/C13H26N2O2/c1-4-12-9-17-6-5-15(12)13(16)11(8-14)7-10(2)3/h10-12H,4-9,14H2,1-3H3. The average Bonchev–Trinajstić information content (AvgIpc) is 2.34. The van der Waals surface area contributed by atoms with E-state index < -0.39 is 0 Å². The highest BCUT2D eigenvalue weighted by molar-refractivity contribution is 5.79. The van der Waals surface area contributed by atoms with Gasteiger partial charge in [-0.1, -0.05) is 20.8 Å². The van der Waals surface area contributed by atoms with E-state index in [-0.39, 0.29) is 17.9 Å². The smallest absolute Gasteiger partial charge is 0.227 e. The minimum atomic E-state index is -0.0258. The summed E-state index contributed by atoms with van der Waals surface area (Å²) in [5.74, 6) is 0.701. The number of morpholine rings is 1. The first-order valence-corrected chi connectivity index (χ1v) is 6.68. The van der Waals surface area contributed by atoms with Gasteiger partial charge in [-0.05, 0) is 18.8 Å². The van der Waals surface area contributed by atoms with Crippen LogP contribution in [0.25, 0.3) is 0 Å². The summed E-state index contributed by atoms with van der Waals surface area (Å²) < 4.78 is 5.42. The highest BCUT2D eigenvalue weighted by Gasteiger charge is 2.30. The summed E-state index contributed by atoms with van der Waals surface area (Å²) in [6.07, 6.45) is 1.83. The third-order valence-corrected chi connectivity index (χ3v) is 3.37. The molecule has 0 aromatic rings. The molecule has 0 bridgehead atoms. The summed E-state index contributed by atoms with van der Waals surface area (Å²) in [6, 6.07) is 0.234. The molecule has 100 valence electrons. The Morgan fingerprint density at radius 1 is 1.53 bits per heavy atom. The van der Waals surface area contributed by atoms with Gasteiger partial charge in [0.05, 0.1) is 25.2 Å². The highest BCUT2D eigenvalue weighted by Crippen LogP contribution is 2.18. The lowest BCUT2D eigenvalue weighted by molar-refractivity contribution is -0.144. The van der Waals surface area contributed by atoms with Crippen molar-refractivity contribution in [1.29, 1.82) is 0 Å². The van der Waals surface area contributed by atoms with Crippen molar-refractivity contribution in [2.75, 3.05) is 26.3 Å². The van der Waals surface area contributed by atoms with Crippen molar-refractivity contribution in [1.82, 2.24) is 4.90 Å². The molecule has 1 aliphatic heterocycles. The van der Waals surface area contributed by atoms with E-state index in [0.29, 0.717) is 32.2 Å². The molecule has 1 rings (SSSR count). The van der Waals surface area contributed by atoms with Crippen LogP contribution in [-0.4, -0.2) is 43.2 Å². The Balaban J connectivity index is 2.64. The van der Waals surface area contributed by atoms with Crippen molar-refractivity contribution in [2.24, 2.45) is 17.6 Å². The van der Waals surface area contributed by atoms with Crippen LogP contribution in [0, 0.1) is 11.8 Å². The Labute approximate surface area is 104 Å². The maximum Gasteiger partial charge on any atom is 0.227 e. The van der Waals surface area contributed by atoms with E-state index in [9.17, 15) is 4.79 Å². The fourth-order valence-corrected chi connectivity index (χ4v) is 2.38. The lowest BCUT2D eigenvalue weighted by Gasteiger charge is -2.37. The van der Waals surface area contributed by atoms with Crippen LogP contribution >= 0.6 is 0 Å². The van der Waals surface area contributed by atoms with Crippen molar-refractivity contribution >= 4 is 5.91 Å². The van der Waals surface area contributed by atoms with Crippen molar-refractivity contribution < 1.29 is 9.53 Å². The Hall–Kier alpha value is -0.610. The summed E-state index contributed by atoms with van der Waals surface area (Å²) >= 11 is 0. The number of hydrogen-bond acceptors (Lipinski definition) is 3. The Kier molecular flexibility index (Phi) is 5.92. The molecule has 0 aliphatic carbocycles. The third kappa shape index (κ3) is 3.96. The van der Waals surface area contributed by atoms with E-state index >= 15 is 0 Å². The molecule has 4 nitrogen and oxygen atoms in total. The largest absolute Gasteiger partial charge is 0.377 e. The predicted molar refractivity (Wildman–Crippen MR) is 68.6 cm³/mol. The maximum atomic E-state index is 12.4. The quantitative estimate of drug-likeness (QED) is 0.789. The molecule has 1 heterocycles. The zero-order chi connectivity index (χ0) is 12.8. The van der Waals surface area contributed by atoms with Crippen molar-refractivity contribution in [3.8, 4) is 0 Å². The van der Waals surface area contributed by atoms with Gasteiger partial charge >= 0.3 is 0 Å². The number of rotatable bonds is 5. The van der Waals surface area contributed by atoms with Gasteiger partial charge in [0.1, 0.15) is 0 Å². The van der Waals surface area contributed by atoms with Crippen molar-refractivity contribution in [3.05, 3.63) is 0 Å². The van der Waals surface area contributed by atoms with Crippen molar-refractivity contribution in [2.45, 2.75) is 39.7 Å². The van der Waals surface area contributed by atoms with E-state index in [4.69, 9.17) is 10.5 Å². The van der Waals surface area contributed by atoms with Crippen LogP contribution in [0.3, 0.4) is 0 Å². The minimum Gasteiger partial charge on any atom is -0.377 e. The number of carbonyl (C=O) groups excluding carboxylic acids is 1. The molecule has 1 saturated heterocycles. The summed E-state index contributed by atoms with van der Waals surface area (Å²) in [5.41, 5.74) is 5.74. The van der Waals surface area contributed by atoms with Crippen LogP contribution in [0.4, 0.5) is 0 Å². The number of ether oxygens (including phenoxy) is 1. The molecule has 4 heteroatoms. The van der Waals surface area contributed by atoms with Crippen molar-refractivity contribution in [3.63, 3.8) is 0 Å². The Morgan fingerprint density at radius 3 is 2.76 bits per heavy atom. The van der Waals surface area contributed by atoms with Gasteiger partial charge in [-0.15, -0.1) is 0 Å². The zero-order valence-corrected chi connectivity index (χ0v) is 11.3. The van der Waals surface area contributed by atoms with Gasteiger partial charge in [-0.25, -0.2) is 0 Å². The number of amides is 1. The van der Waals surface area contributed by atoms with E-state index in [1.54, 1.807) is 0 Å². The van der Waals surface area contributed by atoms with Gasteiger partial charge < -0.3 is 15.4 Å². The van der Waals surface area contributed by atoms with E-state index in [0.717, 1.165) is 12.8 Å². The second-order valence-electron chi connectivity index (χ2n) is 5.23. The maximum absolute atomic E-state index is 12.4. The summed E-state index contributed by atoms with van der Waals surface area (Å²) in [4.78, 5) is 14.4. The topological polar surface area (TPSA) is 55.6 Å². The van der Waals surface area contributed by atoms with E-state index in [1.807, 2.05) is 4.90 Å². The molecule has 17 heavy (non-hydrogen) atoms. The van der Waals surface area contributed by atoms with Gasteiger partial charge in [0.15, 0.2) is 0 Å². The molecule has 1 amide bonds. The zero-order valence-electron chi connectivity index (χ0n) is 11.3. The molecule has 1 aliphatic rings. The Morgan fingerprint density at radius 2 is 2.24 bits per heavy atom. The number of nitrogens with zero attached hydrogens (tertiary/aromatic N) is 1. The lowest BCUT2D eigenvalue weighted by atomic mass is 9.95. The second kappa shape index (κ2) is 6.97. The van der Waals surface area contributed by atoms with Crippen LogP contribution < -0.4 is 5.73 Å². The molecule has 2 unspecified atom stereocenters.